The standard InChI is InChI=1S/C11H14ClNO2/c1-7-5-8(13-9(12)6-7)10(14)15-11(2,3)4/h5-6H,1-4H3. The van der Waals surface area contributed by atoms with E-state index in [0.29, 0.717) is 5.15 Å². The number of nitrogens with zero attached hydrogens (tertiary/aromatic N) is 1. The highest BCUT2D eigenvalue weighted by Crippen LogP contribution is 2.14. The number of aryl methyl sites for hydroxylation is 1. The fraction of sp³-hybridized carbons (Fsp3) is 0.455. The quantitative estimate of drug-likeness (QED) is 0.547. The lowest BCUT2D eigenvalue weighted by molar-refractivity contribution is 0.00627. The predicted molar refractivity (Wildman–Crippen MR) is 59.2 cm³/mol. The second-order valence-electron chi connectivity index (χ2n) is 4.35. The van der Waals surface area contributed by atoms with E-state index in [4.69, 9.17) is 16.3 Å². The maximum Gasteiger partial charge on any atom is 0.357 e. The number of aromatic nitrogens is 1. The molecular formula is C11H14ClNO2. The lowest BCUT2D eigenvalue weighted by atomic mass is 10.2. The third-order valence-corrected chi connectivity index (χ3v) is 1.74. The Hall–Kier alpha value is -1.09. The van der Waals surface area contributed by atoms with E-state index < -0.39 is 11.6 Å². The lowest BCUT2D eigenvalue weighted by Gasteiger charge is -2.19. The topological polar surface area (TPSA) is 39.2 Å². The normalized spacial score (nSPS) is 11.3. The van der Waals surface area contributed by atoms with Gasteiger partial charge in [-0.25, -0.2) is 9.78 Å². The Labute approximate surface area is 94.4 Å². The van der Waals surface area contributed by atoms with Gasteiger partial charge in [-0.3, -0.25) is 0 Å². The molecule has 0 aliphatic carbocycles. The summed E-state index contributed by atoms with van der Waals surface area (Å²) in [6.45, 7) is 7.27. The maximum absolute atomic E-state index is 11.6. The molecule has 0 radical (unpaired) electrons. The third kappa shape index (κ3) is 3.88. The van der Waals surface area contributed by atoms with Crippen LogP contribution in [0.15, 0.2) is 12.1 Å². The van der Waals surface area contributed by atoms with Crippen LogP contribution in [-0.4, -0.2) is 16.6 Å². The second-order valence-corrected chi connectivity index (χ2v) is 4.74. The van der Waals surface area contributed by atoms with E-state index in [-0.39, 0.29) is 5.69 Å². The summed E-state index contributed by atoms with van der Waals surface area (Å²) in [6, 6.07) is 3.34. The van der Waals surface area contributed by atoms with E-state index in [1.54, 1.807) is 12.1 Å². The molecule has 1 aromatic heterocycles. The number of rotatable bonds is 1. The van der Waals surface area contributed by atoms with Crippen LogP contribution in [0.2, 0.25) is 5.15 Å². The van der Waals surface area contributed by atoms with Gasteiger partial charge in [-0.05, 0) is 45.4 Å². The van der Waals surface area contributed by atoms with Crippen molar-refractivity contribution in [2.45, 2.75) is 33.3 Å². The van der Waals surface area contributed by atoms with Crippen LogP contribution in [0, 0.1) is 6.92 Å². The van der Waals surface area contributed by atoms with Crippen LogP contribution in [0.5, 0.6) is 0 Å². The van der Waals surface area contributed by atoms with Gasteiger partial charge < -0.3 is 4.74 Å². The van der Waals surface area contributed by atoms with Gasteiger partial charge in [0.05, 0.1) is 0 Å². The lowest BCUT2D eigenvalue weighted by Crippen LogP contribution is -2.24. The first-order chi connectivity index (χ1) is 6.78. The smallest absolute Gasteiger partial charge is 0.357 e. The van der Waals surface area contributed by atoms with Crippen molar-refractivity contribution in [2.75, 3.05) is 0 Å². The summed E-state index contributed by atoms with van der Waals surface area (Å²) in [4.78, 5) is 15.5. The molecule has 0 aliphatic rings. The van der Waals surface area contributed by atoms with E-state index in [2.05, 4.69) is 4.98 Å². The number of halogens is 1. The molecule has 0 amide bonds. The Morgan fingerprint density at radius 1 is 1.40 bits per heavy atom. The Morgan fingerprint density at radius 3 is 2.47 bits per heavy atom. The highest BCUT2D eigenvalue weighted by Gasteiger charge is 2.19. The van der Waals surface area contributed by atoms with E-state index in [9.17, 15) is 4.79 Å². The van der Waals surface area contributed by atoms with Gasteiger partial charge in [-0.15, -0.1) is 0 Å². The Bertz CT molecular complexity index is 362. The molecule has 0 saturated heterocycles. The summed E-state index contributed by atoms with van der Waals surface area (Å²) in [5, 5.41) is 0.302. The molecule has 0 bridgehead atoms. The molecule has 15 heavy (non-hydrogen) atoms. The minimum atomic E-state index is -0.519. The van der Waals surface area contributed by atoms with Crippen molar-refractivity contribution >= 4 is 17.6 Å². The molecule has 4 heteroatoms. The molecule has 3 nitrogen and oxygen atoms in total. The average Bonchev–Trinajstić information content (AvgIpc) is 1.98. The first kappa shape index (κ1) is 12.0. The van der Waals surface area contributed by atoms with Crippen molar-refractivity contribution in [3.05, 3.63) is 28.5 Å². The Balaban J connectivity index is 2.92. The number of hydrogen-bond donors (Lipinski definition) is 0. The van der Waals surface area contributed by atoms with Gasteiger partial charge in [-0.2, -0.15) is 0 Å². The van der Waals surface area contributed by atoms with Gasteiger partial charge >= 0.3 is 5.97 Å². The van der Waals surface area contributed by atoms with Crippen LogP contribution in [0.1, 0.15) is 36.8 Å². The van der Waals surface area contributed by atoms with Gasteiger partial charge in [0.1, 0.15) is 16.4 Å². The molecule has 0 unspecified atom stereocenters. The number of ether oxygens (including phenoxy) is 1. The van der Waals surface area contributed by atoms with Crippen LogP contribution in [0.3, 0.4) is 0 Å². The fourth-order valence-electron chi connectivity index (χ4n) is 1.06. The molecule has 82 valence electrons. The first-order valence-electron chi connectivity index (χ1n) is 4.65. The molecule has 1 heterocycles. The number of pyridine rings is 1. The van der Waals surface area contributed by atoms with Gasteiger partial charge in [0.2, 0.25) is 0 Å². The predicted octanol–water partition coefficient (Wildman–Crippen LogP) is 3.00. The number of esters is 1. The summed E-state index contributed by atoms with van der Waals surface area (Å²) in [7, 11) is 0. The van der Waals surface area contributed by atoms with Crippen molar-refractivity contribution in [1.29, 1.82) is 0 Å². The fourth-order valence-corrected chi connectivity index (χ4v) is 1.32. The summed E-state index contributed by atoms with van der Waals surface area (Å²) in [5.41, 5.74) is 0.611. The molecule has 1 aromatic rings. The van der Waals surface area contributed by atoms with Crippen molar-refractivity contribution in [1.82, 2.24) is 4.98 Å². The van der Waals surface area contributed by atoms with E-state index >= 15 is 0 Å². The minimum Gasteiger partial charge on any atom is -0.455 e. The van der Waals surface area contributed by atoms with Gasteiger partial charge in [0.25, 0.3) is 0 Å². The molecule has 0 N–H and O–H groups in total. The SMILES string of the molecule is Cc1cc(Cl)nc(C(=O)OC(C)(C)C)c1. The zero-order valence-corrected chi connectivity index (χ0v) is 10.1. The van der Waals surface area contributed by atoms with Crippen molar-refractivity contribution in [2.24, 2.45) is 0 Å². The molecule has 0 saturated carbocycles. The van der Waals surface area contributed by atoms with Crippen LogP contribution < -0.4 is 0 Å². The summed E-state index contributed by atoms with van der Waals surface area (Å²) >= 11 is 5.75. The number of hydrogen-bond acceptors (Lipinski definition) is 3. The molecule has 0 aromatic carbocycles. The zero-order chi connectivity index (χ0) is 11.6. The minimum absolute atomic E-state index is 0.245. The number of carbonyl (C=O) groups excluding carboxylic acids is 1. The average molecular weight is 228 g/mol. The number of carbonyl (C=O) groups is 1. The third-order valence-electron chi connectivity index (χ3n) is 1.55. The first-order valence-corrected chi connectivity index (χ1v) is 5.03. The Kier molecular flexibility index (Phi) is 3.35. The molecule has 0 atom stereocenters. The van der Waals surface area contributed by atoms with Gasteiger partial charge in [0, 0.05) is 0 Å². The van der Waals surface area contributed by atoms with Gasteiger partial charge in [-0.1, -0.05) is 11.6 Å². The summed E-state index contributed by atoms with van der Waals surface area (Å²) in [6.07, 6.45) is 0. The van der Waals surface area contributed by atoms with Crippen molar-refractivity contribution < 1.29 is 9.53 Å². The highest BCUT2D eigenvalue weighted by molar-refractivity contribution is 6.29. The molecule has 0 fully saturated rings. The van der Waals surface area contributed by atoms with Crippen molar-refractivity contribution in [3.63, 3.8) is 0 Å². The monoisotopic (exact) mass is 227 g/mol. The maximum atomic E-state index is 11.6. The summed E-state index contributed by atoms with van der Waals surface area (Å²) in [5.74, 6) is -0.451. The largest absolute Gasteiger partial charge is 0.455 e. The van der Waals surface area contributed by atoms with Gasteiger partial charge in [0.15, 0.2) is 0 Å². The molecule has 1 rings (SSSR count). The van der Waals surface area contributed by atoms with Crippen LogP contribution in [0.25, 0.3) is 0 Å². The molecule has 0 aliphatic heterocycles. The van der Waals surface area contributed by atoms with Crippen LogP contribution in [-0.2, 0) is 4.74 Å². The van der Waals surface area contributed by atoms with Crippen LogP contribution in [0.4, 0.5) is 0 Å². The van der Waals surface area contributed by atoms with Crippen molar-refractivity contribution in [3.8, 4) is 0 Å². The van der Waals surface area contributed by atoms with Crippen LogP contribution >= 0.6 is 11.6 Å². The Morgan fingerprint density at radius 2 is 2.00 bits per heavy atom. The summed E-state index contributed by atoms with van der Waals surface area (Å²) < 4.78 is 5.17. The molecular weight excluding hydrogens is 214 g/mol. The zero-order valence-electron chi connectivity index (χ0n) is 9.30. The van der Waals surface area contributed by atoms with E-state index in [1.165, 1.54) is 0 Å². The second kappa shape index (κ2) is 4.19. The highest BCUT2D eigenvalue weighted by atomic mass is 35.5. The van der Waals surface area contributed by atoms with E-state index in [0.717, 1.165) is 5.56 Å². The van der Waals surface area contributed by atoms with E-state index in [1.807, 2.05) is 27.7 Å². The molecule has 0 spiro atoms.